The lowest BCUT2D eigenvalue weighted by Crippen LogP contribution is -2.45. The van der Waals surface area contributed by atoms with Crippen LogP contribution in [0.15, 0.2) is 0 Å². The van der Waals surface area contributed by atoms with Crippen LogP contribution in [0.1, 0.15) is 59.3 Å². The van der Waals surface area contributed by atoms with E-state index in [1.54, 1.807) is 0 Å². The highest BCUT2D eigenvalue weighted by Gasteiger charge is 2.38. The highest BCUT2D eigenvalue weighted by molar-refractivity contribution is 4.90. The van der Waals surface area contributed by atoms with Gasteiger partial charge in [-0.15, -0.1) is 0 Å². The Morgan fingerprint density at radius 2 is 1.94 bits per heavy atom. The third-order valence-corrected chi connectivity index (χ3v) is 4.38. The minimum Gasteiger partial charge on any atom is -0.381 e. The van der Waals surface area contributed by atoms with Crippen LogP contribution >= 0.6 is 0 Å². The van der Waals surface area contributed by atoms with Gasteiger partial charge < -0.3 is 10.1 Å². The Hall–Kier alpha value is -0.0800. The highest BCUT2D eigenvalue weighted by atomic mass is 16.5. The summed E-state index contributed by atoms with van der Waals surface area (Å²) < 4.78 is 5.70. The first-order chi connectivity index (χ1) is 7.99. The maximum Gasteiger partial charge on any atom is 0.0535 e. The van der Waals surface area contributed by atoms with Gasteiger partial charge in [-0.1, -0.05) is 25.7 Å². The predicted molar refractivity (Wildman–Crippen MR) is 72.2 cm³/mol. The average molecular weight is 239 g/mol. The zero-order chi connectivity index (χ0) is 12.4. The minimum absolute atomic E-state index is 0.227. The Kier molecular flexibility index (Phi) is 4.14. The molecule has 0 radical (unpaired) electrons. The van der Waals surface area contributed by atoms with Crippen molar-refractivity contribution in [3.05, 3.63) is 0 Å². The van der Waals surface area contributed by atoms with Crippen molar-refractivity contribution >= 4 is 0 Å². The largest absolute Gasteiger partial charge is 0.381 e. The molecule has 1 saturated carbocycles. The van der Waals surface area contributed by atoms with Crippen molar-refractivity contribution in [2.75, 3.05) is 19.8 Å². The summed E-state index contributed by atoms with van der Waals surface area (Å²) in [5.41, 5.74) is 0.660. The summed E-state index contributed by atoms with van der Waals surface area (Å²) in [6.07, 6.45) is 8.46. The Balaban J connectivity index is 1.89. The Bertz CT molecular complexity index is 232. The first-order valence-electron chi connectivity index (χ1n) is 7.32. The van der Waals surface area contributed by atoms with Gasteiger partial charge in [0.2, 0.25) is 0 Å². The molecule has 0 amide bonds. The van der Waals surface area contributed by atoms with E-state index < -0.39 is 0 Å². The minimum atomic E-state index is 0.227. The van der Waals surface area contributed by atoms with Crippen LogP contribution in [0.5, 0.6) is 0 Å². The molecule has 2 rings (SSSR count). The predicted octanol–water partition coefficient (Wildman–Crippen LogP) is 3.36. The van der Waals surface area contributed by atoms with Gasteiger partial charge >= 0.3 is 0 Å². The van der Waals surface area contributed by atoms with Crippen LogP contribution in [0.3, 0.4) is 0 Å². The van der Waals surface area contributed by atoms with Crippen molar-refractivity contribution < 1.29 is 4.74 Å². The van der Waals surface area contributed by atoms with Crippen LogP contribution in [0, 0.1) is 11.3 Å². The first-order valence-corrected chi connectivity index (χ1v) is 7.32. The third kappa shape index (κ3) is 3.96. The fourth-order valence-corrected chi connectivity index (χ4v) is 3.30. The first kappa shape index (κ1) is 13.4. The Morgan fingerprint density at radius 3 is 2.47 bits per heavy atom. The van der Waals surface area contributed by atoms with Crippen molar-refractivity contribution in [1.29, 1.82) is 0 Å². The summed E-state index contributed by atoms with van der Waals surface area (Å²) in [5.74, 6) is 0.971. The Morgan fingerprint density at radius 1 is 1.24 bits per heavy atom. The molecule has 2 fully saturated rings. The molecular weight excluding hydrogens is 210 g/mol. The van der Waals surface area contributed by atoms with E-state index in [0.717, 1.165) is 25.7 Å². The van der Waals surface area contributed by atoms with E-state index in [2.05, 4.69) is 26.1 Å². The van der Waals surface area contributed by atoms with Crippen LogP contribution in [0.2, 0.25) is 0 Å². The van der Waals surface area contributed by atoms with Crippen LogP contribution in [-0.4, -0.2) is 25.3 Å². The fraction of sp³-hybridized carbons (Fsp3) is 1.00. The van der Waals surface area contributed by atoms with Gasteiger partial charge in [0.05, 0.1) is 6.61 Å². The lowest BCUT2D eigenvalue weighted by molar-refractivity contribution is 0.125. The molecule has 2 aliphatic rings. The molecule has 1 N–H and O–H groups in total. The van der Waals surface area contributed by atoms with Crippen LogP contribution in [-0.2, 0) is 4.74 Å². The lowest BCUT2D eigenvalue weighted by atomic mass is 9.77. The van der Waals surface area contributed by atoms with E-state index in [-0.39, 0.29) is 5.54 Å². The monoisotopic (exact) mass is 239 g/mol. The normalized spacial score (nSPS) is 31.2. The van der Waals surface area contributed by atoms with Gasteiger partial charge in [0.25, 0.3) is 0 Å². The number of rotatable bonds is 4. The maximum absolute atomic E-state index is 5.70. The molecule has 100 valence electrons. The molecule has 17 heavy (non-hydrogen) atoms. The van der Waals surface area contributed by atoms with Crippen molar-refractivity contribution in [1.82, 2.24) is 5.32 Å². The van der Waals surface area contributed by atoms with Gasteiger partial charge in [0.1, 0.15) is 0 Å². The second kappa shape index (κ2) is 5.27. The number of hydrogen-bond acceptors (Lipinski definition) is 2. The van der Waals surface area contributed by atoms with Crippen molar-refractivity contribution in [2.24, 2.45) is 11.3 Å². The molecule has 0 spiro atoms. The summed E-state index contributed by atoms with van der Waals surface area (Å²) in [5, 5.41) is 3.70. The molecule has 0 aromatic carbocycles. The van der Waals surface area contributed by atoms with E-state index in [0.29, 0.717) is 5.41 Å². The number of nitrogens with one attached hydrogen (secondary N) is 1. The number of ether oxygens (including phenoxy) is 1. The molecule has 0 bridgehead atoms. The van der Waals surface area contributed by atoms with Crippen LogP contribution < -0.4 is 5.32 Å². The van der Waals surface area contributed by atoms with Crippen molar-refractivity contribution in [3.63, 3.8) is 0 Å². The third-order valence-electron chi connectivity index (χ3n) is 4.38. The average Bonchev–Trinajstić information content (AvgIpc) is 2.87. The molecule has 1 aliphatic carbocycles. The van der Waals surface area contributed by atoms with E-state index in [4.69, 9.17) is 4.74 Å². The van der Waals surface area contributed by atoms with Gasteiger partial charge in [0, 0.05) is 24.1 Å². The maximum atomic E-state index is 5.70. The molecule has 0 aromatic rings. The molecule has 1 heterocycles. The quantitative estimate of drug-likeness (QED) is 0.812. The molecule has 2 nitrogen and oxygen atoms in total. The van der Waals surface area contributed by atoms with Gasteiger partial charge in [-0.2, -0.15) is 0 Å². The van der Waals surface area contributed by atoms with E-state index in [1.807, 2.05) is 0 Å². The van der Waals surface area contributed by atoms with Crippen LogP contribution in [0.4, 0.5) is 0 Å². The van der Waals surface area contributed by atoms with Crippen LogP contribution in [0.25, 0.3) is 0 Å². The molecule has 1 saturated heterocycles. The molecule has 1 unspecified atom stereocenters. The standard InChI is InChI=1S/C15H29NO/c1-14(2,3)16-11-15(8-9-17-12-15)10-13-6-4-5-7-13/h13,16H,4-12H2,1-3H3. The van der Waals surface area contributed by atoms with Gasteiger partial charge in [-0.05, 0) is 39.5 Å². The topological polar surface area (TPSA) is 21.3 Å². The number of hydrogen-bond donors (Lipinski definition) is 1. The molecule has 1 aliphatic heterocycles. The van der Waals surface area contributed by atoms with E-state index in [1.165, 1.54) is 38.5 Å². The summed E-state index contributed by atoms with van der Waals surface area (Å²) in [4.78, 5) is 0. The SMILES string of the molecule is CC(C)(C)NCC1(CC2CCCC2)CCOC1. The second-order valence-corrected chi connectivity index (χ2v) is 7.26. The second-order valence-electron chi connectivity index (χ2n) is 7.26. The fourth-order valence-electron chi connectivity index (χ4n) is 3.30. The molecule has 0 aromatic heterocycles. The zero-order valence-electron chi connectivity index (χ0n) is 11.8. The summed E-state index contributed by atoms with van der Waals surface area (Å²) >= 11 is 0. The smallest absolute Gasteiger partial charge is 0.0535 e. The van der Waals surface area contributed by atoms with Crippen molar-refractivity contribution in [3.8, 4) is 0 Å². The van der Waals surface area contributed by atoms with Crippen molar-refractivity contribution in [2.45, 2.75) is 64.8 Å². The molecule has 2 heteroatoms. The lowest BCUT2D eigenvalue weighted by Gasteiger charge is -2.34. The van der Waals surface area contributed by atoms with Gasteiger partial charge in [-0.3, -0.25) is 0 Å². The summed E-state index contributed by atoms with van der Waals surface area (Å²) in [7, 11) is 0. The van der Waals surface area contributed by atoms with E-state index >= 15 is 0 Å². The summed E-state index contributed by atoms with van der Waals surface area (Å²) in [6, 6.07) is 0. The summed E-state index contributed by atoms with van der Waals surface area (Å²) in [6.45, 7) is 9.85. The Labute approximate surface area is 107 Å². The van der Waals surface area contributed by atoms with E-state index in [9.17, 15) is 0 Å². The molecular formula is C15H29NO. The molecule has 1 atom stereocenters. The highest BCUT2D eigenvalue weighted by Crippen LogP contribution is 2.40. The zero-order valence-corrected chi connectivity index (χ0v) is 11.8. The van der Waals surface area contributed by atoms with Gasteiger partial charge in [0.15, 0.2) is 0 Å². The van der Waals surface area contributed by atoms with Gasteiger partial charge in [-0.25, -0.2) is 0 Å².